The van der Waals surface area contributed by atoms with E-state index in [-0.39, 0.29) is 41.0 Å². The average Bonchev–Trinajstić information content (AvgIpc) is 0.918. The second-order valence-corrected chi connectivity index (χ2v) is 0.0816. The Balaban J connectivity index is -0.0000000200. The van der Waals surface area contributed by atoms with Gasteiger partial charge in [0.25, 0.3) is 0 Å². The smallest absolute Gasteiger partial charge is 0.152 e. The molecular weight excluding hydrogens is 236 g/mol. The van der Waals surface area contributed by atoms with Gasteiger partial charge in [0.1, 0.15) is 0 Å². The molecule has 0 atom stereocenters. The largest absolute Gasteiger partial charge is 0.379 e. The molecular formula is H2CuINO2. The molecule has 1 N–H and O–H groups in total. The van der Waals surface area contributed by atoms with Gasteiger partial charge in [0.05, 0.1) is 0 Å². The first-order valence-corrected chi connectivity index (χ1v) is 0.383. The Hall–Kier alpha value is 0.649. The van der Waals surface area contributed by atoms with E-state index in [9.17, 15) is 0 Å². The average molecular weight is 238 g/mol. The van der Waals surface area contributed by atoms with Crippen molar-refractivity contribution in [1.29, 1.82) is 0 Å². The summed E-state index contributed by atoms with van der Waals surface area (Å²) in [5.74, 6) is 0. The molecule has 0 aliphatic rings. The van der Waals surface area contributed by atoms with E-state index in [4.69, 9.17) is 10.1 Å². The van der Waals surface area contributed by atoms with Crippen LogP contribution in [0, 0.1) is 4.91 Å². The molecule has 0 aromatic heterocycles. The molecule has 0 bridgehead atoms. The van der Waals surface area contributed by atoms with Gasteiger partial charge in [-0.15, -0.1) is 28.9 Å². The molecule has 0 spiro atoms. The summed E-state index contributed by atoms with van der Waals surface area (Å²) in [6.07, 6.45) is 0. The Labute approximate surface area is 56.6 Å². The predicted molar refractivity (Wildman–Crippen MR) is 23.0 cm³/mol. The van der Waals surface area contributed by atoms with Crippen LogP contribution in [0.1, 0.15) is 0 Å². The van der Waals surface area contributed by atoms with Crippen LogP contribution >= 0.6 is 24.0 Å². The second kappa shape index (κ2) is 22.8. The van der Waals surface area contributed by atoms with Crippen molar-refractivity contribution in [2.45, 2.75) is 0 Å². The van der Waals surface area contributed by atoms with E-state index in [1.54, 1.807) is 0 Å². The van der Waals surface area contributed by atoms with Crippen molar-refractivity contribution < 1.29 is 22.3 Å². The molecule has 0 amide bonds. The van der Waals surface area contributed by atoms with Crippen LogP contribution in [-0.4, -0.2) is 5.21 Å². The molecule has 5 heteroatoms. The standard InChI is InChI=1S/Cu.HI.HNO2/c;;2-1-3/h;1H;(H,2,3). The van der Waals surface area contributed by atoms with Crippen molar-refractivity contribution in [2.75, 3.05) is 0 Å². The maximum atomic E-state index is 8.11. The molecule has 37 valence electrons. The summed E-state index contributed by atoms with van der Waals surface area (Å²) >= 11 is 0. The fourth-order valence-corrected chi connectivity index (χ4v) is 0. The Morgan fingerprint density at radius 3 is 1.60 bits per heavy atom. The van der Waals surface area contributed by atoms with Crippen LogP contribution in [0.4, 0.5) is 0 Å². The molecule has 0 aromatic rings. The van der Waals surface area contributed by atoms with E-state index < -0.39 is 0 Å². The third kappa shape index (κ3) is 77.4. The first kappa shape index (κ1) is 17.4. The summed E-state index contributed by atoms with van der Waals surface area (Å²) in [4.78, 5) is 8.11. The van der Waals surface area contributed by atoms with E-state index >= 15 is 0 Å². The van der Waals surface area contributed by atoms with Crippen molar-refractivity contribution in [3.8, 4) is 0 Å². The van der Waals surface area contributed by atoms with Gasteiger partial charge < -0.3 is 5.21 Å². The van der Waals surface area contributed by atoms with E-state index in [0.717, 1.165) is 0 Å². The number of halogens is 1. The van der Waals surface area contributed by atoms with Gasteiger partial charge in [-0.25, -0.2) is 0 Å². The Kier molecular flexibility index (Phi) is 79.2. The minimum absolute atomic E-state index is 0. The summed E-state index contributed by atoms with van der Waals surface area (Å²) in [6.45, 7) is 0. The molecule has 3 nitrogen and oxygen atoms in total. The second-order valence-electron chi connectivity index (χ2n) is 0.0816. The fourth-order valence-electron chi connectivity index (χ4n) is 0. The topological polar surface area (TPSA) is 49.7 Å². The van der Waals surface area contributed by atoms with Gasteiger partial charge in [0, 0.05) is 17.1 Å². The van der Waals surface area contributed by atoms with Gasteiger partial charge in [-0.05, 0) is 0 Å². The minimum atomic E-state index is 0. The molecule has 0 rings (SSSR count). The molecule has 0 heterocycles. The van der Waals surface area contributed by atoms with Crippen molar-refractivity contribution in [2.24, 2.45) is 5.34 Å². The molecule has 0 aliphatic heterocycles. The third-order valence-corrected chi connectivity index (χ3v) is 0. The van der Waals surface area contributed by atoms with Crippen molar-refractivity contribution in [3.63, 3.8) is 0 Å². The summed E-state index contributed by atoms with van der Waals surface area (Å²) in [5.41, 5.74) is 0. The predicted octanol–water partition coefficient (Wildman–Crippen LogP) is 0.758. The maximum absolute atomic E-state index is 8.11. The molecule has 0 unspecified atom stereocenters. The van der Waals surface area contributed by atoms with Gasteiger partial charge in [0.2, 0.25) is 0 Å². The summed E-state index contributed by atoms with van der Waals surface area (Å²) in [6, 6.07) is 0. The molecule has 0 saturated carbocycles. The van der Waals surface area contributed by atoms with Crippen LogP contribution in [0.5, 0.6) is 0 Å². The van der Waals surface area contributed by atoms with Crippen LogP contribution in [0.2, 0.25) is 0 Å². The number of hydrogen-bond donors (Lipinski definition) is 1. The van der Waals surface area contributed by atoms with Gasteiger partial charge in [-0.2, -0.15) is 0 Å². The molecule has 1 radical (unpaired) electrons. The normalized spacial score (nSPS) is 2.40. The van der Waals surface area contributed by atoms with Crippen molar-refractivity contribution in [3.05, 3.63) is 4.91 Å². The van der Waals surface area contributed by atoms with Crippen LogP contribution in [0.25, 0.3) is 0 Å². The van der Waals surface area contributed by atoms with Crippen LogP contribution in [-0.2, 0) is 17.1 Å². The van der Waals surface area contributed by atoms with Gasteiger partial charge >= 0.3 is 0 Å². The Morgan fingerprint density at radius 2 is 1.60 bits per heavy atom. The summed E-state index contributed by atoms with van der Waals surface area (Å²) < 4.78 is 0. The summed E-state index contributed by atoms with van der Waals surface area (Å²) in [5, 5.41) is 7.89. The first-order valence-electron chi connectivity index (χ1n) is 0.383. The minimum Gasteiger partial charge on any atom is -0.379 e. The Bertz CT molecular complexity index is 17.1. The zero-order valence-electron chi connectivity index (χ0n) is 2.01. The monoisotopic (exact) mass is 238 g/mol. The van der Waals surface area contributed by atoms with E-state index in [1.165, 1.54) is 5.34 Å². The molecule has 0 saturated heterocycles. The third-order valence-electron chi connectivity index (χ3n) is 0. The number of hydrogen-bond acceptors (Lipinski definition) is 2. The van der Waals surface area contributed by atoms with Crippen molar-refractivity contribution in [1.82, 2.24) is 0 Å². The van der Waals surface area contributed by atoms with Crippen LogP contribution in [0.3, 0.4) is 0 Å². The zero-order chi connectivity index (χ0) is 2.71. The first-order chi connectivity index (χ1) is 1.41. The van der Waals surface area contributed by atoms with Gasteiger partial charge in [0.15, 0.2) is 5.34 Å². The van der Waals surface area contributed by atoms with Crippen LogP contribution in [0.15, 0.2) is 5.34 Å². The van der Waals surface area contributed by atoms with Gasteiger partial charge in [-0.3, -0.25) is 0 Å². The summed E-state index contributed by atoms with van der Waals surface area (Å²) in [7, 11) is 0. The van der Waals surface area contributed by atoms with Crippen molar-refractivity contribution >= 4 is 24.0 Å². The maximum Gasteiger partial charge on any atom is 0.152 e. The zero-order valence-corrected chi connectivity index (χ0v) is 5.28. The molecule has 0 aromatic carbocycles. The van der Waals surface area contributed by atoms with Gasteiger partial charge in [-0.1, -0.05) is 0 Å². The molecule has 5 heavy (non-hydrogen) atoms. The fraction of sp³-hybridized carbons (Fsp3) is 0. The number of rotatable bonds is 0. The molecule has 0 aliphatic carbocycles. The molecule has 0 fully saturated rings. The van der Waals surface area contributed by atoms with E-state index in [0.29, 0.717) is 0 Å². The van der Waals surface area contributed by atoms with E-state index in [2.05, 4.69) is 0 Å². The van der Waals surface area contributed by atoms with Crippen LogP contribution < -0.4 is 0 Å². The quantitative estimate of drug-likeness (QED) is 0.293. The SMILES string of the molecule is I.O=NO.[Cu]. The Morgan fingerprint density at radius 1 is 1.60 bits per heavy atom. The van der Waals surface area contributed by atoms with E-state index in [1.807, 2.05) is 0 Å². The number of nitrogens with zero attached hydrogens (tertiary/aromatic N) is 1.